The Morgan fingerprint density at radius 3 is 2.00 bits per heavy atom. The minimum atomic E-state index is -1.21. The number of phenolic OH excluding ortho intramolecular Hbond substituents is 1. The summed E-state index contributed by atoms with van der Waals surface area (Å²) < 4.78 is 0. The van der Waals surface area contributed by atoms with Crippen LogP contribution >= 0.6 is 0 Å². The van der Waals surface area contributed by atoms with Gasteiger partial charge in [0.1, 0.15) is 0 Å². The molecule has 2 N–H and O–H groups in total. The van der Waals surface area contributed by atoms with Crippen LogP contribution in [0.5, 0.6) is 5.75 Å². The first kappa shape index (κ1) is 21.1. The van der Waals surface area contributed by atoms with Crippen molar-refractivity contribution in [3.05, 3.63) is 78.6 Å². The number of aromatic hydroxyl groups is 1. The number of aliphatic hydroxyl groups excluding tert-OH is 1. The van der Waals surface area contributed by atoms with E-state index in [2.05, 4.69) is 4.98 Å². The molecule has 0 aliphatic heterocycles. The van der Waals surface area contributed by atoms with E-state index in [9.17, 15) is 30.3 Å². The van der Waals surface area contributed by atoms with Crippen LogP contribution in [0.2, 0.25) is 0 Å². The van der Waals surface area contributed by atoms with Crippen molar-refractivity contribution in [2.24, 2.45) is 0 Å². The minimum Gasteiger partial charge on any atom is -0.497 e. The van der Waals surface area contributed by atoms with Crippen molar-refractivity contribution in [1.82, 2.24) is 4.98 Å². The summed E-state index contributed by atoms with van der Waals surface area (Å²) in [7, 11) is 0. The number of aliphatic hydroxyl groups is 1. The Kier molecular flexibility index (Phi) is 7.45. The molecule has 27 heavy (non-hydrogen) atoms. The van der Waals surface area contributed by atoms with Crippen LogP contribution in [0.1, 0.15) is 12.5 Å². The lowest BCUT2D eigenvalue weighted by Gasteiger charge is -1.97. The first-order valence-electron chi connectivity index (χ1n) is 7.20. The number of nitro benzene ring substituents is 3. The van der Waals surface area contributed by atoms with Crippen LogP contribution in [0.4, 0.5) is 17.1 Å². The number of hydrogen-bond donors (Lipinski definition) is 2. The maximum Gasteiger partial charge on any atom is 0.324 e. The summed E-state index contributed by atoms with van der Waals surface area (Å²) in [6.07, 6.45) is 6.64. The van der Waals surface area contributed by atoms with Crippen LogP contribution in [0.15, 0.2) is 42.7 Å². The number of benzene rings is 1. The summed E-state index contributed by atoms with van der Waals surface area (Å²) >= 11 is 0. The zero-order valence-corrected chi connectivity index (χ0v) is 13.8. The van der Waals surface area contributed by atoms with Crippen molar-refractivity contribution in [3.63, 3.8) is 0 Å². The van der Waals surface area contributed by atoms with Gasteiger partial charge < -0.3 is 10.2 Å². The van der Waals surface area contributed by atoms with Crippen LogP contribution in [0.3, 0.4) is 0 Å². The first-order valence-corrected chi connectivity index (χ1v) is 7.20. The van der Waals surface area contributed by atoms with Gasteiger partial charge in [0.2, 0.25) is 0 Å². The fourth-order valence-electron chi connectivity index (χ4n) is 1.70. The zero-order valence-electron chi connectivity index (χ0n) is 13.8. The third-order valence-corrected chi connectivity index (χ3v) is 2.91. The molecular weight excluding hydrogens is 364 g/mol. The molecule has 0 saturated carbocycles. The normalized spacial score (nSPS) is 11.3. The summed E-state index contributed by atoms with van der Waals surface area (Å²) in [5.74, 6) is -1.21. The number of aromatic nitrogens is 1. The standard InChI is InChI=1S/C9H11NO.C6H3N3O7/c1-8(11)4-5-9-3-2-6-10-7-9;10-6-4(8(13)14)1-3(7(11)12)2-5(6)9(15)16/h2-8,11H,1H3;1-2,10H/b5-4-;. The van der Waals surface area contributed by atoms with E-state index in [1.807, 2.05) is 18.2 Å². The molecule has 0 fully saturated rings. The van der Waals surface area contributed by atoms with Crippen molar-refractivity contribution >= 4 is 23.1 Å². The zero-order chi connectivity index (χ0) is 20.6. The molecule has 1 atom stereocenters. The molecule has 0 spiro atoms. The first-order chi connectivity index (χ1) is 12.6. The molecule has 1 aromatic carbocycles. The second-order valence-electron chi connectivity index (χ2n) is 4.99. The van der Waals surface area contributed by atoms with Gasteiger partial charge in [0.15, 0.2) is 0 Å². The highest BCUT2D eigenvalue weighted by Crippen LogP contribution is 2.38. The number of pyridine rings is 1. The molecule has 1 aromatic heterocycles. The molecule has 1 unspecified atom stereocenters. The monoisotopic (exact) mass is 378 g/mol. The highest BCUT2D eigenvalue weighted by molar-refractivity contribution is 5.64. The van der Waals surface area contributed by atoms with Crippen molar-refractivity contribution in [3.8, 4) is 5.75 Å². The van der Waals surface area contributed by atoms with Gasteiger partial charge in [-0.1, -0.05) is 18.2 Å². The predicted octanol–water partition coefficient (Wildman–Crippen LogP) is 2.59. The summed E-state index contributed by atoms with van der Waals surface area (Å²) in [6.45, 7) is 1.72. The lowest BCUT2D eigenvalue weighted by Crippen LogP contribution is -1.97. The number of phenols is 1. The van der Waals surface area contributed by atoms with E-state index in [4.69, 9.17) is 10.2 Å². The highest BCUT2D eigenvalue weighted by Gasteiger charge is 2.30. The van der Waals surface area contributed by atoms with Gasteiger partial charge in [0.05, 0.1) is 33.0 Å². The van der Waals surface area contributed by atoms with E-state index in [1.54, 1.807) is 25.4 Å². The van der Waals surface area contributed by atoms with E-state index in [1.165, 1.54) is 0 Å². The fourth-order valence-corrected chi connectivity index (χ4v) is 1.70. The van der Waals surface area contributed by atoms with Gasteiger partial charge >= 0.3 is 11.4 Å². The van der Waals surface area contributed by atoms with Crippen LogP contribution in [0, 0.1) is 30.3 Å². The van der Waals surface area contributed by atoms with Crippen LogP contribution in [-0.2, 0) is 0 Å². The molecule has 0 amide bonds. The Hall–Kier alpha value is -3.93. The topological polar surface area (TPSA) is 183 Å². The van der Waals surface area contributed by atoms with Gasteiger partial charge in [-0.2, -0.15) is 0 Å². The fraction of sp³-hybridized carbons (Fsp3) is 0.133. The van der Waals surface area contributed by atoms with Crippen molar-refractivity contribution in [2.45, 2.75) is 13.0 Å². The van der Waals surface area contributed by atoms with Crippen molar-refractivity contribution < 1.29 is 25.0 Å². The smallest absolute Gasteiger partial charge is 0.324 e. The Morgan fingerprint density at radius 1 is 1.07 bits per heavy atom. The third-order valence-electron chi connectivity index (χ3n) is 2.91. The maximum atomic E-state index is 10.4. The van der Waals surface area contributed by atoms with E-state index in [-0.39, 0.29) is 0 Å². The maximum absolute atomic E-state index is 10.4. The molecule has 2 rings (SSSR count). The molecule has 0 radical (unpaired) electrons. The number of hydrogen-bond acceptors (Lipinski definition) is 9. The van der Waals surface area contributed by atoms with E-state index >= 15 is 0 Å². The van der Waals surface area contributed by atoms with Gasteiger partial charge in [-0.3, -0.25) is 35.3 Å². The van der Waals surface area contributed by atoms with E-state index in [0.717, 1.165) is 5.56 Å². The van der Waals surface area contributed by atoms with Gasteiger partial charge in [-0.25, -0.2) is 0 Å². The lowest BCUT2D eigenvalue weighted by atomic mass is 10.2. The molecule has 142 valence electrons. The largest absolute Gasteiger partial charge is 0.497 e. The number of nitrogens with zero attached hydrogens (tertiary/aromatic N) is 4. The van der Waals surface area contributed by atoms with Gasteiger partial charge in [0, 0.05) is 12.4 Å². The van der Waals surface area contributed by atoms with Gasteiger partial charge in [0.25, 0.3) is 11.4 Å². The van der Waals surface area contributed by atoms with Crippen molar-refractivity contribution in [1.29, 1.82) is 0 Å². The average molecular weight is 378 g/mol. The molecule has 1 heterocycles. The summed E-state index contributed by atoms with van der Waals surface area (Å²) in [6, 6.07) is 4.69. The third kappa shape index (κ3) is 6.47. The second-order valence-corrected chi connectivity index (χ2v) is 4.99. The highest BCUT2D eigenvalue weighted by atomic mass is 16.6. The number of non-ortho nitro benzene ring substituents is 1. The molecule has 2 aromatic rings. The summed E-state index contributed by atoms with van der Waals surface area (Å²) in [5, 5.41) is 49.1. The number of nitro groups is 3. The molecule has 12 nitrogen and oxygen atoms in total. The quantitative estimate of drug-likeness (QED) is 0.583. The Bertz CT molecular complexity index is 832. The SMILES string of the molecule is CC(O)/C=C\c1cccnc1.O=[N+]([O-])c1cc([N+](=O)[O-])c(O)c([N+](=O)[O-])c1. The predicted molar refractivity (Wildman–Crippen MR) is 93.0 cm³/mol. The molecule has 0 aliphatic rings. The molecule has 0 bridgehead atoms. The van der Waals surface area contributed by atoms with Crippen LogP contribution in [0.25, 0.3) is 6.08 Å². The Labute approximate surface area is 151 Å². The summed E-state index contributed by atoms with van der Waals surface area (Å²) in [5.41, 5.74) is -1.99. The Balaban J connectivity index is 0.000000289. The van der Waals surface area contributed by atoms with Gasteiger partial charge in [-0.15, -0.1) is 0 Å². The van der Waals surface area contributed by atoms with Crippen LogP contribution < -0.4 is 0 Å². The number of rotatable bonds is 5. The molecule has 12 heteroatoms. The van der Waals surface area contributed by atoms with E-state index in [0.29, 0.717) is 12.1 Å². The van der Waals surface area contributed by atoms with E-state index < -0.39 is 43.7 Å². The Morgan fingerprint density at radius 2 is 1.63 bits per heavy atom. The molecule has 0 aliphatic carbocycles. The molecular formula is C15H14N4O8. The minimum absolute atomic E-state index is 0.393. The summed E-state index contributed by atoms with van der Waals surface area (Å²) in [4.78, 5) is 31.7. The average Bonchev–Trinajstić information content (AvgIpc) is 2.60. The van der Waals surface area contributed by atoms with Crippen LogP contribution in [-0.4, -0.2) is 36.1 Å². The molecule has 0 saturated heterocycles. The van der Waals surface area contributed by atoms with Gasteiger partial charge in [-0.05, 0) is 18.6 Å². The lowest BCUT2D eigenvalue weighted by molar-refractivity contribution is -0.404. The second kappa shape index (κ2) is 9.53. The van der Waals surface area contributed by atoms with Crippen molar-refractivity contribution in [2.75, 3.05) is 0 Å².